The molecule has 0 bridgehead atoms. The van der Waals surface area contributed by atoms with Crippen LogP contribution in [-0.2, 0) is 29.2 Å². The molecule has 8 nitrogen and oxygen atoms in total. The number of ether oxygens (including phenoxy) is 2. The summed E-state index contributed by atoms with van der Waals surface area (Å²) in [5, 5.41) is 21.9. The van der Waals surface area contributed by atoms with Crippen LogP contribution in [0, 0.1) is 23.1 Å². The van der Waals surface area contributed by atoms with Gasteiger partial charge in [0.1, 0.15) is 41.9 Å². The molecule has 1 aliphatic rings. The minimum atomic E-state index is -1.03. The quantitative estimate of drug-likeness (QED) is 0.157. The van der Waals surface area contributed by atoms with Crippen molar-refractivity contribution in [1.29, 1.82) is 5.26 Å². The third kappa shape index (κ3) is 7.53. The number of carbonyl (C=O) groups is 2. The molecule has 0 spiro atoms. The van der Waals surface area contributed by atoms with Crippen molar-refractivity contribution in [3.63, 3.8) is 0 Å². The van der Waals surface area contributed by atoms with Crippen molar-refractivity contribution in [3.8, 4) is 28.7 Å². The third-order valence-electron chi connectivity index (χ3n) is 8.09. The van der Waals surface area contributed by atoms with Gasteiger partial charge in [-0.15, -0.1) is 0 Å². The van der Waals surface area contributed by atoms with Crippen LogP contribution in [0.4, 0.5) is 4.39 Å². The topological polar surface area (TPSA) is 122 Å². The maximum atomic E-state index is 14.7. The second-order valence-electron chi connectivity index (χ2n) is 11.4. The third-order valence-corrected chi connectivity index (χ3v) is 8.39. The zero-order valence-electron chi connectivity index (χ0n) is 25.4. The molecule has 3 atom stereocenters. The maximum absolute atomic E-state index is 14.7. The predicted molar refractivity (Wildman–Crippen MR) is 171 cm³/mol. The number of carbonyl (C=O) groups excluding carboxylic acids is 1. The van der Waals surface area contributed by atoms with Crippen LogP contribution in [0.15, 0.2) is 73.1 Å². The second-order valence-corrected chi connectivity index (χ2v) is 11.8. The number of ketones is 1. The number of benzene rings is 3. The standard InChI is InChI=1S/C36H33ClFN3O5/c1-21(36(43)44)12-32(42)22(2)41-19-25-14-30(37)35(15-34(25)45-20-24-13-23(16-39)17-40-18-24)46-33-11-10-27-26(7-5-8-29(27)33)28-6-3-4-9-31(28)38/h3-9,13-15,17-18,21-22,33,41H,10-12,19-20H2,1-2H3,(H,43,44)/t21-,22+,33+/m1/s1. The van der Waals surface area contributed by atoms with Crippen molar-refractivity contribution in [2.24, 2.45) is 5.92 Å². The fourth-order valence-electron chi connectivity index (χ4n) is 5.49. The molecule has 4 aromatic rings. The Morgan fingerprint density at radius 2 is 1.89 bits per heavy atom. The highest BCUT2D eigenvalue weighted by atomic mass is 35.5. The lowest BCUT2D eigenvalue weighted by atomic mass is 9.96. The van der Waals surface area contributed by atoms with Gasteiger partial charge in [0.2, 0.25) is 0 Å². The number of aromatic nitrogens is 1. The van der Waals surface area contributed by atoms with E-state index in [2.05, 4.69) is 16.4 Å². The highest BCUT2D eigenvalue weighted by molar-refractivity contribution is 6.32. The number of Topliss-reactive ketones (excluding diaryl/α,β-unsaturated/α-hetero) is 1. The van der Waals surface area contributed by atoms with Gasteiger partial charge < -0.3 is 19.9 Å². The van der Waals surface area contributed by atoms with E-state index in [1.807, 2.05) is 24.3 Å². The zero-order valence-corrected chi connectivity index (χ0v) is 26.2. The Bertz CT molecular complexity index is 1810. The first-order chi connectivity index (χ1) is 22.1. The van der Waals surface area contributed by atoms with E-state index in [-0.39, 0.29) is 37.3 Å². The summed E-state index contributed by atoms with van der Waals surface area (Å²) in [7, 11) is 0. The molecule has 236 valence electrons. The molecule has 0 saturated carbocycles. The summed E-state index contributed by atoms with van der Waals surface area (Å²) in [5.41, 5.74) is 5.13. The van der Waals surface area contributed by atoms with Crippen LogP contribution in [-0.4, -0.2) is 27.9 Å². The largest absolute Gasteiger partial charge is 0.488 e. The number of nitrogens with zero attached hydrogens (tertiary/aromatic N) is 2. The van der Waals surface area contributed by atoms with Crippen molar-refractivity contribution in [2.75, 3.05) is 0 Å². The summed E-state index contributed by atoms with van der Waals surface area (Å²) in [6.07, 6.45) is 4.05. The first-order valence-electron chi connectivity index (χ1n) is 15.0. The number of aliphatic carboxylic acids is 1. The Balaban J connectivity index is 1.39. The number of rotatable bonds is 13. The SMILES string of the molecule is C[C@H](CC(=O)[C@H](C)NCc1cc(Cl)c(O[C@H]2CCc3c(-c4ccccc4F)cccc32)cc1OCc1cncc(C#N)c1)C(=O)O. The molecule has 0 saturated heterocycles. The van der Waals surface area contributed by atoms with Crippen molar-refractivity contribution in [3.05, 3.63) is 112 Å². The fraction of sp³-hybridized carbons (Fsp3) is 0.278. The molecular formula is C36H33ClFN3O5. The van der Waals surface area contributed by atoms with E-state index in [0.29, 0.717) is 51.6 Å². The van der Waals surface area contributed by atoms with Crippen LogP contribution in [0.1, 0.15) is 60.6 Å². The van der Waals surface area contributed by atoms with E-state index in [9.17, 15) is 24.3 Å². The Morgan fingerprint density at radius 3 is 2.65 bits per heavy atom. The molecule has 0 radical (unpaired) electrons. The number of carboxylic acid groups (broad SMARTS) is 1. The molecule has 10 heteroatoms. The van der Waals surface area contributed by atoms with Crippen LogP contribution < -0.4 is 14.8 Å². The molecule has 3 aromatic carbocycles. The number of nitriles is 1. The van der Waals surface area contributed by atoms with Crippen molar-refractivity contribution < 1.29 is 28.6 Å². The van der Waals surface area contributed by atoms with Crippen LogP contribution in [0.2, 0.25) is 5.02 Å². The van der Waals surface area contributed by atoms with Crippen LogP contribution in [0.25, 0.3) is 11.1 Å². The van der Waals surface area contributed by atoms with Crippen molar-refractivity contribution >= 4 is 23.4 Å². The number of pyridine rings is 1. The molecule has 5 rings (SSSR count). The Labute approximate surface area is 271 Å². The molecule has 0 amide bonds. The van der Waals surface area contributed by atoms with Gasteiger partial charge in [0.25, 0.3) is 0 Å². The summed E-state index contributed by atoms with van der Waals surface area (Å²) >= 11 is 6.76. The minimum absolute atomic E-state index is 0.0931. The van der Waals surface area contributed by atoms with Gasteiger partial charge in [-0.25, -0.2) is 4.39 Å². The van der Waals surface area contributed by atoms with E-state index in [1.54, 1.807) is 43.5 Å². The number of carboxylic acids is 1. The van der Waals surface area contributed by atoms with Gasteiger partial charge in [0.05, 0.1) is 22.5 Å². The molecule has 46 heavy (non-hydrogen) atoms. The van der Waals surface area contributed by atoms with Gasteiger partial charge in [-0.3, -0.25) is 14.6 Å². The molecule has 1 aliphatic carbocycles. The summed E-state index contributed by atoms with van der Waals surface area (Å²) in [4.78, 5) is 27.9. The van der Waals surface area contributed by atoms with Crippen LogP contribution in [0.5, 0.6) is 11.5 Å². The number of nitrogens with one attached hydrogen (secondary N) is 1. The number of hydrogen-bond acceptors (Lipinski definition) is 7. The molecule has 0 fully saturated rings. The summed E-state index contributed by atoms with van der Waals surface area (Å²) in [6.45, 7) is 3.50. The van der Waals surface area contributed by atoms with Gasteiger partial charge >= 0.3 is 5.97 Å². The highest BCUT2D eigenvalue weighted by Gasteiger charge is 2.28. The Hall–Kier alpha value is -4.78. The lowest BCUT2D eigenvalue weighted by molar-refractivity contribution is -0.143. The number of fused-ring (bicyclic) bond motifs is 1. The van der Waals surface area contributed by atoms with Crippen molar-refractivity contribution in [1.82, 2.24) is 10.3 Å². The predicted octanol–water partition coefficient (Wildman–Crippen LogP) is 7.22. The highest BCUT2D eigenvalue weighted by Crippen LogP contribution is 2.43. The second kappa shape index (κ2) is 14.5. The maximum Gasteiger partial charge on any atom is 0.306 e. The first-order valence-corrected chi connectivity index (χ1v) is 15.3. The van der Waals surface area contributed by atoms with Crippen LogP contribution in [0.3, 0.4) is 0 Å². The number of halogens is 2. The average Bonchev–Trinajstić information content (AvgIpc) is 3.47. The van der Waals surface area contributed by atoms with Gasteiger partial charge in [-0.2, -0.15) is 5.26 Å². The van der Waals surface area contributed by atoms with Gasteiger partial charge in [0.15, 0.2) is 0 Å². The molecular weight excluding hydrogens is 609 g/mol. The molecule has 0 aliphatic heterocycles. The fourth-order valence-corrected chi connectivity index (χ4v) is 5.72. The molecule has 1 heterocycles. The van der Waals surface area contributed by atoms with Crippen LogP contribution >= 0.6 is 11.6 Å². The van der Waals surface area contributed by atoms with E-state index >= 15 is 0 Å². The van der Waals surface area contributed by atoms with E-state index in [1.165, 1.54) is 19.2 Å². The molecule has 2 N–H and O–H groups in total. The van der Waals surface area contributed by atoms with Gasteiger partial charge in [0, 0.05) is 48.1 Å². The van der Waals surface area contributed by atoms with Gasteiger partial charge in [-0.05, 0) is 54.7 Å². The normalized spacial score (nSPS) is 15.0. The zero-order chi connectivity index (χ0) is 32.8. The molecule has 1 aromatic heterocycles. The average molecular weight is 642 g/mol. The first kappa shape index (κ1) is 32.6. The Kier molecular flexibility index (Phi) is 10.3. The van der Waals surface area contributed by atoms with E-state index in [0.717, 1.165) is 16.7 Å². The van der Waals surface area contributed by atoms with Gasteiger partial charge in [-0.1, -0.05) is 54.9 Å². The summed E-state index contributed by atoms with van der Waals surface area (Å²) in [6, 6.07) is 19.1. The molecule has 0 unspecified atom stereocenters. The van der Waals surface area contributed by atoms with E-state index in [4.69, 9.17) is 21.1 Å². The minimum Gasteiger partial charge on any atom is -0.488 e. The monoisotopic (exact) mass is 641 g/mol. The smallest absolute Gasteiger partial charge is 0.306 e. The van der Waals surface area contributed by atoms with E-state index < -0.39 is 17.9 Å². The Morgan fingerprint density at radius 1 is 1.11 bits per heavy atom. The summed E-state index contributed by atoms with van der Waals surface area (Å²) < 4.78 is 27.4. The van der Waals surface area contributed by atoms with Crippen molar-refractivity contribution in [2.45, 2.75) is 58.4 Å². The number of hydrogen-bond donors (Lipinski definition) is 2. The lowest BCUT2D eigenvalue weighted by Gasteiger charge is -2.21. The lowest BCUT2D eigenvalue weighted by Crippen LogP contribution is -2.35. The summed E-state index contributed by atoms with van der Waals surface area (Å²) in [5.74, 6) is -1.47.